The summed E-state index contributed by atoms with van der Waals surface area (Å²) in [6.07, 6.45) is -4.50. The SMILES string of the molecule is Cc1ccc(-c2cc(C(F)(F)F)c3c(C)c(C#N)sc3n2)cc1. The molecule has 0 aliphatic carbocycles. The lowest BCUT2D eigenvalue weighted by Gasteiger charge is -2.11. The van der Waals surface area contributed by atoms with Crippen LogP contribution in [0.15, 0.2) is 30.3 Å². The molecule has 23 heavy (non-hydrogen) atoms. The number of aromatic nitrogens is 1. The monoisotopic (exact) mass is 332 g/mol. The van der Waals surface area contributed by atoms with Gasteiger partial charge in [0, 0.05) is 10.9 Å². The first kappa shape index (κ1) is 15.5. The van der Waals surface area contributed by atoms with E-state index in [-0.39, 0.29) is 20.8 Å². The van der Waals surface area contributed by atoms with Crippen molar-refractivity contribution in [3.63, 3.8) is 0 Å². The van der Waals surface area contributed by atoms with Crippen LogP contribution in [0.1, 0.15) is 21.6 Å². The number of nitrogens with zero attached hydrogens (tertiary/aromatic N) is 2. The molecule has 2 heterocycles. The van der Waals surface area contributed by atoms with Gasteiger partial charge in [0.2, 0.25) is 0 Å². The van der Waals surface area contributed by atoms with Gasteiger partial charge in [-0.1, -0.05) is 29.8 Å². The Balaban J connectivity index is 2.34. The van der Waals surface area contributed by atoms with Gasteiger partial charge in [-0.3, -0.25) is 0 Å². The molecule has 0 aliphatic heterocycles. The Morgan fingerprint density at radius 3 is 2.35 bits per heavy atom. The molecule has 0 saturated heterocycles. The zero-order valence-electron chi connectivity index (χ0n) is 12.3. The maximum absolute atomic E-state index is 13.5. The fourth-order valence-electron chi connectivity index (χ4n) is 2.45. The molecule has 0 saturated carbocycles. The van der Waals surface area contributed by atoms with Crippen LogP contribution in [0.2, 0.25) is 0 Å². The lowest BCUT2D eigenvalue weighted by Crippen LogP contribution is -2.07. The van der Waals surface area contributed by atoms with Crippen molar-refractivity contribution < 1.29 is 13.2 Å². The number of fused-ring (bicyclic) bond motifs is 1. The number of halogens is 3. The van der Waals surface area contributed by atoms with Crippen LogP contribution in [-0.4, -0.2) is 4.98 Å². The van der Waals surface area contributed by atoms with Crippen molar-refractivity contribution in [1.29, 1.82) is 5.26 Å². The molecule has 0 spiro atoms. The van der Waals surface area contributed by atoms with Crippen LogP contribution >= 0.6 is 11.3 Å². The van der Waals surface area contributed by atoms with Gasteiger partial charge >= 0.3 is 6.18 Å². The van der Waals surface area contributed by atoms with Gasteiger partial charge < -0.3 is 0 Å². The minimum Gasteiger partial charge on any atom is -0.237 e. The third-order valence-electron chi connectivity index (χ3n) is 3.65. The summed E-state index contributed by atoms with van der Waals surface area (Å²) in [4.78, 5) is 4.85. The molecule has 6 heteroatoms. The smallest absolute Gasteiger partial charge is 0.237 e. The summed E-state index contributed by atoms with van der Waals surface area (Å²) >= 11 is 0.994. The molecule has 1 aromatic carbocycles. The van der Waals surface area contributed by atoms with Crippen LogP contribution in [-0.2, 0) is 6.18 Å². The highest BCUT2D eigenvalue weighted by molar-refractivity contribution is 7.19. The van der Waals surface area contributed by atoms with E-state index < -0.39 is 11.7 Å². The molecular weight excluding hydrogens is 321 g/mol. The van der Waals surface area contributed by atoms with Crippen LogP contribution < -0.4 is 0 Å². The lowest BCUT2D eigenvalue weighted by molar-refractivity contribution is -0.136. The van der Waals surface area contributed by atoms with E-state index in [9.17, 15) is 13.2 Å². The van der Waals surface area contributed by atoms with Crippen molar-refractivity contribution in [1.82, 2.24) is 4.98 Å². The summed E-state index contributed by atoms with van der Waals surface area (Å²) < 4.78 is 40.4. The number of aryl methyl sites for hydroxylation is 2. The molecule has 0 atom stereocenters. The van der Waals surface area contributed by atoms with Crippen LogP contribution in [0.5, 0.6) is 0 Å². The first-order valence-corrected chi connectivity index (χ1v) is 7.61. The Hall–Kier alpha value is -2.39. The van der Waals surface area contributed by atoms with Gasteiger partial charge in [-0.25, -0.2) is 4.98 Å². The molecule has 116 valence electrons. The van der Waals surface area contributed by atoms with Crippen LogP contribution in [0, 0.1) is 25.2 Å². The van der Waals surface area contributed by atoms with Gasteiger partial charge in [-0.05, 0) is 25.5 Å². The maximum atomic E-state index is 13.5. The maximum Gasteiger partial charge on any atom is 0.417 e. The van der Waals surface area contributed by atoms with Crippen molar-refractivity contribution in [3.8, 4) is 17.3 Å². The fraction of sp³-hybridized carbons (Fsp3) is 0.176. The second-order valence-electron chi connectivity index (χ2n) is 5.27. The molecular formula is C17H11F3N2S. The molecule has 3 aromatic rings. The summed E-state index contributed by atoms with van der Waals surface area (Å²) in [5, 5.41) is 9.10. The number of hydrogen-bond acceptors (Lipinski definition) is 3. The summed E-state index contributed by atoms with van der Waals surface area (Å²) in [7, 11) is 0. The number of pyridine rings is 1. The molecule has 0 amide bonds. The number of benzene rings is 1. The molecule has 0 unspecified atom stereocenters. The predicted octanol–water partition coefficient (Wildman–Crippen LogP) is 5.47. The van der Waals surface area contributed by atoms with E-state index in [4.69, 9.17) is 5.26 Å². The van der Waals surface area contributed by atoms with Crippen molar-refractivity contribution >= 4 is 21.6 Å². The quantitative estimate of drug-likeness (QED) is 0.592. The average molecular weight is 332 g/mol. The molecule has 3 rings (SSSR count). The lowest BCUT2D eigenvalue weighted by atomic mass is 10.0. The highest BCUT2D eigenvalue weighted by atomic mass is 32.1. The largest absolute Gasteiger partial charge is 0.417 e. The van der Waals surface area contributed by atoms with Crippen molar-refractivity contribution in [2.75, 3.05) is 0 Å². The van der Waals surface area contributed by atoms with Crippen LogP contribution in [0.3, 0.4) is 0 Å². The molecule has 2 aromatic heterocycles. The van der Waals surface area contributed by atoms with Crippen LogP contribution in [0.25, 0.3) is 21.5 Å². The third kappa shape index (κ3) is 2.68. The zero-order chi connectivity index (χ0) is 16.8. The van der Waals surface area contributed by atoms with E-state index >= 15 is 0 Å². The van der Waals surface area contributed by atoms with E-state index in [0.717, 1.165) is 23.0 Å². The number of hydrogen-bond donors (Lipinski definition) is 0. The second-order valence-corrected chi connectivity index (χ2v) is 6.27. The first-order chi connectivity index (χ1) is 10.8. The van der Waals surface area contributed by atoms with E-state index in [1.54, 1.807) is 12.1 Å². The predicted molar refractivity (Wildman–Crippen MR) is 84.2 cm³/mol. The molecule has 0 aliphatic rings. The summed E-state index contributed by atoms with van der Waals surface area (Å²) in [5.74, 6) is 0. The molecule has 2 nitrogen and oxygen atoms in total. The topological polar surface area (TPSA) is 36.7 Å². The van der Waals surface area contributed by atoms with E-state index in [0.29, 0.717) is 11.1 Å². The van der Waals surface area contributed by atoms with Crippen molar-refractivity contribution in [3.05, 3.63) is 51.9 Å². The first-order valence-electron chi connectivity index (χ1n) is 6.79. The second kappa shape index (κ2) is 5.36. The average Bonchev–Trinajstić information content (AvgIpc) is 2.82. The third-order valence-corrected chi connectivity index (χ3v) is 4.75. The molecule has 0 N–H and O–H groups in total. The van der Waals surface area contributed by atoms with Gasteiger partial charge in [0.05, 0.1) is 11.3 Å². The minimum absolute atomic E-state index is 0.0231. The summed E-state index contributed by atoms with van der Waals surface area (Å²) in [6.45, 7) is 3.43. The van der Waals surface area contributed by atoms with Crippen molar-refractivity contribution in [2.45, 2.75) is 20.0 Å². The molecule has 0 radical (unpaired) electrons. The number of alkyl halides is 3. The molecule has 0 bridgehead atoms. The van der Waals surface area contributed by atoms with Gasteiger partial charge in [0.1, 0.15) is 15.8 Å². The highest BCUT2D eigenvalue weighted by Crippen LogP contribution is 2.41. The summed E-state index contributed by atoms with van der Waals surface area (Å²) in [6, 6.07) is 10.2. The number of thiophene rings is 1. The van der Waals surface area contributed by atoms with E-state index in [1.165, 1.54) is 6.92 Å². The Kier molecular flexibility index (Phi) is 3.61. The fourth-order valence-corrected chi connectivity index (χ4v) is 3.45. The Labute approximate surface area is 134 Å². The Morgan fingerprint density at radius 1 is 1.13 bits per heavy atom. The molecule has 0 fully saturated rings. The van der Waals surface area contributed by atoms with Crippen LogP contribution in [0.4, 0.5) is 13.2 Å². The number of nitriles is 1. The standard InChI is InChI=1S/C17H11F3N2S/c1-9-3-5-11(6-4-9)13-7-12(17(18,19)20)15-10(2)14(8-21)23-16(15)22-13/h3-7H,1-2H3. The van der Waals surface area contributed by atoms with Crippen molar-refractivity contribution in [2.24, 2.45) is 0 Å². The van der Waals surface area contributed by atoms with E-state index in [2.05, 4.69) is 4.98 Å². The zero-order valence-corrected chi connectivity index (χ0v) is 13.1. The summed E-state index contributed by atoms with van der Waals surface area (Å²) in [5.41, 5.74) is 1.49. The normalized spacial score (nSPS) is 11.7. The highest BCUT2D eigenvalue weighted by Gasteiger charge is 2.35. The van der Waals surface area contributed by atoms with Gasteiger partial charge in [-0.2, -0.15) is 18.4 Å². The minimum atomic E-state index is -4.50. The van der Waals surface area contributed by atoms with Gasteiger partial charge in [0.25, 0.3) is 0 Å². The Morgan fingerprint density at radius 2 is 1.78 bits per heavy atom. The van der Waals surface area contributed by atoms with E-state index in [1.807, 2.05) is 25.1 Å². The number of rotatable bonds is 1. The van der Waals surface area contributed by atoms with Gasteiger partial charge in [-0.15, -0.1) is 11.3 Å². The Bertz CT molecular complexity index is 932. The van der Waals surface area contributed by atoms with Gasteiger partial charge in [0.15, 0.2) is 0 Å².